The van der Waals surface area contributed by atoms with Gasteiger partial charge >= 0.3 is 0 Å². The number of hydrogen-bond donors (Lipinski definition) is 0. The SMILES string of the molecule is O=C(C=S)N1CCOc2ccccc21. The molecule has 0 unspecified atom stereocenters. The van der Waals surface area contributed by atoms with Gasteiger partial charge in [0.15, 0.2) is 0 Å². The molecule has 0 saturated heterocycles. The van der Waals surface area contributed by atoms with Crippen LogP contribution in [0, 0.1) is 0 Å². The van der Waals surface area contributed by atoms with Gasteiger partial charge in [-0.1, -0.05) is 24.4 Å². The summed E-state index contributed by atoms with van der Waals surface area (Å²) < 4.78 is 5.41. The molecule has 2 rings (SSSR count). The molecule has 1 aliphatic heterocycles. The highest BCUT2D eigenvalue weighted by molar-refractivity contribution is 7.80. The van der Waals surface area contributed by atoms with Crippen LogP contribution in [0.25, 0.3) is 0 Å². The normalized spacial score (nSPS) is 14.1. The Morgan fingerprint density at radius 3 is 3.07 bits per heavy atom. The van der Waals surface area contributed by atoms with Crippen LogP contribution < -0.4 is 9.64 Å². The molecule has 3 nitrogen and oxygen atoms in total. The van der Waals surface area contributed by atoms with E-state index in [1.54, 1.807) is 4.90 Å². The fourth-order valence-electron chi connectivity index (χ4n) is 1.46. The third kappa shape index (κ3) is 1.48. The molecule has 0 saturated carbocycles. The van der Waals surface area contributed by atoms with E-state index in [-0.39, 0.29) is 5.91 Å². The minimum atomic E-state index is -0.157. The molecular weight excluding hydrogens is 198 g/mol. The standard InChI is InChI=1S/C10H9NO2S/c12-10(7-14)11-5-6-13-9-4-2-1-3-8(9)11/h1-4,7H,5-6H2. The maximum absolute atomic E-state index is 11.4. The van der Waals surface area contributed by atoms with E-state index < -0.39 is 0 Å². The lowest BCUT2D eigenvalue weighted by atomic mass is 10.2. The molecule has 0 radical (unpaired) electrons. The van der Waals surface area contributed by atoms with Crippen molar-refractivity contribution in [2.24, 2.45) is 0 Å². The average molecular weight is 207 g/mol. The van der Waals surface area contributed by atoms with E-state index in [0.717, 1.165) is 16.8 Å². The number of nitrogens with zero attached hydrogens (tertiary/aromatic N) is 1. The Hall–Kier alpha value is -1.42. The van der Waals surface area contributed by atoms with Crippen LogP contribution in [0.15, 0.2) is 24.3 Å². The third-order valence-corrected chi connectivity index (χ3v) is 2.30. The predicted octanol–water partition coefficient (Wildman–Crippen LogP) is 1.41. The van der Waals surface area contributed by atoms with Crippen LogP contribution in [0.4, 0.5) is 5.69 Å². The van der Waals surface area contributed by atoms with E-state index in [0.29, 0.717) is 13.2 Å². The molecule has 1 aromatic carbocycles. The number of benzene rings is 1. The van der Waals surface area contributed by atoms with E-state index in [4.69, 9.17) is 4.74 Å². The van der Waals surface area contributed by atoms with Crippen LogP contribution in [0.2, 0.25) is 0 Å². The van der Waals surface area contributed by atoms with Crippen LogP contribution in [0.3, 0.4) is 0 Å². The Morgan fingerprint density at radius 2 is 2.29 bits per heavy atom. The predicted molar refractivity (Wildman–Crippen MR) is 57.9 cm³/mol. The number of fused-ring (bicyclic) bond motifs is 1. The first-order chi connectivity index (χ1) is 6.83. The summed E-state index contributed by atoms with van der Waals surface area (Å²) in [7, 11) is 0. The van der Waals surface area contributed by atoms with E-state index in [9.17, 15) is 4.79 Å². The van der Waals surface area contributed by atoms with Gasteiger partial charge < -0.3 is 9.64 Å². The molecule has 0 atom stereocenters. The van der Waals surface area contributed by atoms with Crippen molar-refractivity contribution in [1.82, 2.24) is 0 Å². The van der Waals surface area contributed by atoms with Gasteiger partial charge in [0.25, 0.3) is 5.91 Å². The lowest BCUT2D eigenvalue weighted by Gasteiger charge is -2.28. The highest BCUT2D eigenvalue weighted by Crippen LogP contribution is 2.30. The number of carbonyl (C=O) groups excluding carboxylic acids is 1. The Labute approximate surface area is 87.3 Å². The maximum atomic E-state index is 11.4. The molecule has 0 aromatic heterocycles. The van der Waals surface area contributed by atoms with E-state index in [2.05, 4.69) is 12.2 Å². The first-order valence-corrected chi connectivity index (χ1v) is 4.78. The fourth-order valence-corrected chi connectivity index (χ4v) is 1.59. The van der Waals surface area contributed by atoms with Gasteiger partial charge in [-0.25, -0.2) is 0 Å². The van der Waals surface area contributed by atoms with Gasteiger partial charge in [0.2, 0.25) is 0 Å². The monoisotopic (exact) mass is 207 g/mol. The number of thiocarbonyl (C=S) groups is 1. The number of amides is 1. The van der Waals surface area contributed by atoms with Gasteiger partial charge in [-0.3, -0.25) is 4.79 Å². The van der Waals surface area contributed by atoms with E-state index in [1.807, 2.05) is 24.3 Å². The summed E-state index contributed by atoms with van der Waals surface area (Å²) in [6.07, 6.45) is 0. The topological polar surface area (TPSA) is 29.5 Å². The number of para-hydroxylation sites is 2. The molecule has 1 aliphatic rings. The molecule has 72 valence electrons. The van der Waals surface area contributed by atoms with Crippen LogP contribution in [-0.4, -0.2) is 24.4 Å². The minimum absolute atomic E-state index is 0.157. The molecule has 4 heteroatoms. The first kappa shape index (κ1) is 9.15. The second kappa shape index (κ2) is 3.75. The molecular formula is C10H9NO2S. The number of ether oxygens (including phenoxy) is 1. The Kier molecular flexibility index (Phi) is 2.45. The van der Waals surface area contributed by atoms with Gasteiger partial charge in [-0.15, -0.1) is 0 Å². The van der Waals surface area contributed by atoms with Gasteiger partial charge in [0, 0.05) is 0 Å². The molecule has 0 aliphatic carbocycles. The Morgan fingerprint density at radius 1 is 1.50 bits per heavy atom. The summed E-state index contributed by atoms with van der Waals surface area (Å²) in [4.78, 5) is 13.1. The van der Waals surface area contributed by atoms with E-state index in [1.165, 1.54) is 0 Å². The zero-order valence-corrected chi connectivity index (χ0v) is 8.29. The molecule has 0 spiro atoms. The molecule has 0 fully saturated rings. The summed E-state index contributed by atoms with van der Waals surface area (Å²) in [6, 6.07) is 7.45. The van der Waals surface area contributed by atoms with Crippen LogP contribution in [0.5, 0.6) is 5.75 Å². The third-order valence-electron chi connectivity index (χ3n) is 2.10. The Balaban J connectivity index is 2.40. The first-order valence-electron chi connectivity index (χ1n) is 4.31. The molecule has 1 heterocycles. The summed E-state index contributed by atoms with van der Waals surface area (Å²) in [5.74, 6) is 0.583. The van der Waals surface area contributed by atoms with Crippen molar-refractivity contribution in [2.75, 3.05) is 18.1 Å². The smallest absolute Gasteiger partial charge is 0.262 e. The summed E-state index contributed by atoms with van der Waals surface area (Å²) in [5, 5.41) is 1.15. The van der Waals surface area contributed by atoms with E-state index >= 15 is 0 Å². The van der Waals surface area contributed by atoms with Crippen molar-refractivity contribution in [2.45, 2.75) is 0 Å². The van der Waals surface area contributed by atoms with Gasteiger partial charge in [0.05, 0.1) is 17.6 Å². The molecule has 1 amide bonds. The van der Waals surface area contributed by atoms with Gasteiger partial charge in [-0.05, 0) is 12.1 Å². The number of rotatable bonds is 1. The van der Waals surface area contributed by atoms with Crippen molar-refractivity contribution in [3.8, 4) is 5.75 Å². The molecule has 1 aromatic rings. The van der Waals surface area contributed by atoms with Crippen molar-refractivity contribution >= 4 is 29.2 Å². The van der Waals surface area contributed by atoms with Crippen molar-refractivity contribution in [1.29, 1.82) is 0 Å². The highest BCUT2D eigenvalue weighted by atomic mass is 32.1. The lowest BCUT2D eigenvalue weighted by molar-refractivity contribution is -0.112. The number of anilines is 1. The van der Waals surface area contributed by atoms with Gasteiger partial charge in [0.1, 0.15) is 12.4 Å². The summed E-state index contributed by atoms with van der Waals surface area (Å²) in [6.45, 7) is 1.08. The van der Waals surface area contributed by atoms with Crippen LogP contribution in [0.1, 0.15) is 0 Å². The Bertz CT molecular complexity index is 378. The van der Waals surface area contributed by atoms with Crippen molar-refractivity contribution in [3.05, 3.63) is 24.3 Å². The van der Waals surface area contributed by atoms with Crippen LogP contribution >= 0.6 is 12.2 Å². The number of hydrogen-bond acceptors (Lipinski definition) is 3. The summed E-state index contributed by atoms with van der Waals surface area (Å²) >= 11 is 4.63. The zero-order chi connectivity index (χ0) is 9.97. The lowest BCUT2D eigenvalue weighted by Crippen LogP contribution is -2.38. The fraction of sp³-hybridized carbons (Fsp3) is 0.200. The molecule has 14 heavy (non-hydrogen) atoms. The average Bonchev–Trinajstić information content (AvgIpc) is 2.27. The van der Waals surface area contributed by atoms with Crippen LogP contribution in [-0.2, 0) is 4.79 Å². The maximum Gasteiger partial charge on any atom is 0.262 e. The second-order valence-electron chi connectivity index (χ2n) is 2.92. The molecule has 0 bridgehead atoms. The van der Waals surface area contributed by atoms with Gasteiger partial charge in [-0.2, -0.15) is 0 Å². The second-order valence-corrected chi connectivity index (χ2v) is 3.16. The van der Waals surface area contributed by atoms with Crippen molar-refractivity contribution < 1.29 is 9.53 Å². The summed E-state index contributed by atoms with van der Waals surface area (Å²) in [5.41, 5.74) is 0.796. The highest BCUT2D eigenvalue weighted by Gasteiger charge is 2.21. The largest absolute Gasteiger partial charge is 0.490 e. The zero-order valence-electron chi connectivity index (χ0n) is 7.47. The minimum Gasteiger partial charge on any atom is -0.490 e. The number of carbonyl (C=O) groups is 1. The quantitative estimate of drug-likeness (QED) is 0.652. The molecule has 0 N–H and O–H groups in total. The van der Waals surface area contributed by atoms with Crippen molar-refractivity contribution in [3.63, 3.8) is 0 Å².